The van der Waals surface area contributed by atoms with E-state index in [4.69, 9.17) is 0 Å². The van der Waals surface area contributed by atoms with Gasteiger partial charge in [0, 0.05) is 25.8 Å². The molecule has 0 unspecified atom stereocenters. The molecule has 23 heavy (non-hydrogen) atoms. The number of hydrogen-bond donors (Lipinski definition) is 0. The quantitative estimate of drug-likeness (QED) is 0.866. The summed E-state index contributed by atoms with van der Waals surface area (Å²) in [5, 5.41) is 0. The molecule has 1 aliphatic heterocycles. The van der Waals surface area contributed by atoms with Crippen LogP contribution in [0.25, 0.3) is 0 Å². The molecule has 4 nitrogen and oxygen atoms in total. The van der Waals surface area contributed by atoms with E-state index in [-0.39, 0.29) is 5.91 Å². The molecule has 1 fully saturated rings. The molecule has 0 atom stereocenters. The molecule has 0 N–H and O–H groups in total. The molecule has 0 radical (unpaired) electrons. The number of aromatic nitrogens is 1. The van der Waals surface area contributed by atoms with E-state index < -0.39 is 0 Å². The van der Waals surface area contributed by atoms with Crippen LogP contribution in [0.4, 0.5) is 11.5 Å². The van der Waals surface area contributed by atoms with Crippen LogP contribution in [-0.2, 0) is 0 Å². The molecule has 2 heterocycles. The summed E-state index contributed by atoms with van der Waals surface area (Å²) in [5.41, 5.74) is 1.37. The Morgan fingerprint density at radius 2 is 1.65 bits per heavy atom. The summed E-state index contributed by atoms with van der Waals surface area (Å²) < 4.78 is 0. The number of pyridine rings is 1. The van der Waals surface area contributed by atoms with Crippen LogP contribution in [0.1, 0.15) is 36.2 Å². The Bertz CT molecular complexity index is 649. The maximum Gasteiger partial charge on any atom is 0.276 e. The van der Waals surface area contributed by atoms with Crippen LogP contribution in [0.3, 0.4) is 0 Å². The van der Waals surface area contributed by atoms with Gasteiger partial charge >= 0.3 is 0 Å². The number of amides is 1. The second kappa shape index (κ2) is 7.27. The van der Waals surface area contributed by atoms with Gasteiger partial charge in [0.05, 0.1) is 0 Å². The van der Waals surface area contributed by atoms with Crippen molar-refractivity contribution in [1.29, 1.82) is 0 Å². The Morgan fingerprint density at radius 1 is 0.957 bits per heavy atom. The topological polar surface area (TPSA) is 36.4 Å². The Kier molecular flexibility index (Phi) is 4.91. The summed E-state index contributed by atoms with van der Waals surface area (Å²) in [7, 11) is 1.79. The van der Waals surface area contributed by atoms with Crippen molar-refractivity contribution in [2.45, 2.75) is 25.7 Å². The second-order valence-electron chi connectivity index (χ2n) is 5.98. The Labute approximate surface area is 137 Å². The lowest BCUT2D eigenvalue weighted by atomic mass is 10.2. The predicted molar refractivity (Wildman–Crippen MR) is 94.1 cm³/mol. The molecule has 1 saturated heterocycles. The third-order valence-electron chi connectivity index (χ3n) is 4.33. The van der Waals surface area contributed by atoms with Gasteiger partial charge in [-0.3, -0.25) is 4.79 Å². The maximum atomic E-state index is 12.7. The fourth-order valence-corrected chi connectivity index (χ4v) is 2.96. The van der Waals surface area contributed by atoms with Crippen molar-refractivity contribution in [3.8, 4) is 0 Å². The van der Waals surface area contributed by atoms with Crippen LogP contribution in [0.2, 0.25) is 0 Å². The molecule has 0 spiro atoms. The third-order valence-corrected chi connectivity index (χ3v) is 4.33. The van der Waals surface area contributed by atoms with E-state index in [1.54, 1.807) is 18.0 Å². The zero-order valence-corrected chi connectivity index (χ0v) is 13.6. The average molecular weight is 309 g/mol. The number of nitrogens with zero attached hydrogens (tertiary/aromatic N) is 3. The predicted octanol–water partition coefficient (Wildman–Crippen LogP) is 3.74. The highest BCUT2D eigenvalue weighted by Crippen LogP contribution is 2.19. The minimum absolute atomic E-state index is 0.0760. The molecule has 2 aromatic rings. The van der Waals surface area contributed by atoms with E-state index in [1.807, 2.05) is 42.5 Å². The van der Waals surface area contributed by atoms with E-state index in [2.05, 4.69) is 9.88 Å². The van der Waals surface area contributed by atoms with Gasteiger partial charge in [-0.05, 0) is 37.1 Å². The first-order valence-corrected chi connectivity index (χ1v) is 8.31. The molecule has 1 amide bonds. The van der Waals surface area contributed by atoms with Gasteiger partial charge in [-0.1, -0.05) is 37.1 Å². The van der Waals surface area contributed by atoms with Crippen molar-refractivity contribution in [2.75, 3.05) is 29.9 Å². The number of anilines is 2. The Hall–Kier alpha value is -2.36. The summed E-state index contributed by atoms with van der Waals surface area (Å²) >= 11 is 0. The van der Waals surface area contributed by atoms with E-state index in [1.165, 1.54) is 25.7 Å². The first-order valence-electron chi connectivity index (χ1n) is 8.31. The molecule has 1 aliphatic rings. The fraction of sp³-hybridized carbons (Fsp3) is 0.368. The van der Waals surface area contributed by atoms with Crippen LogP contribution in [0.5, 0.6) is 0 Å². The molecule has 1 aromatic heterocycles. The Balaban J connectivity index is 1.80. The second-order valence-corrected chi connectivity index (χ2v) is 5.98. The van der Waals surface area contributed by atoms with Gasteiger partial charge in [-0.25, -0.2) is 4.98 Å². The monoisotopic (exact) mass is 309 g/mol. The molecule has 4 heteroatoms. The van der Waals surface area contributed by atoms with Gasteiger partial charge in [-0.2, -0.15) is 0 Å². The summed E-state index contributed by atoms with van der Waals surface area (Å²) in [4.78, 5) is 21.3. The number of para-hydroxylation sites is 1. The third kappa shape index (κ3) is 3.70. The first-order chi connectivity index (χ1) is 11.3. The summed E-state index contributed by atoms with van der Waals surface area (Å²) in [6, 6.07) is 15.4. The van der Waals surface area contributed by atoms with Crippen molar-refractivity contribution in [2.24, 2.45) is 0 Å². The van der Waals surface area contributed by atoms with Gasteiger partial charge in [0.15, 0.2) is 0 Å². The maximum absolute atomic E-state index is 12.7. The standard InChI is InChI=1S/C19H23N3O/c1-21(16-10-5-4-6-11-16)19(23)17-12-9-13-18(20-17)22-14-7-2-3-8-15-22/h4-6,9-13H,2-3,7-8,14-15H2,1H3. The molecule has 0 aliphatic carbocycles. The lowest BCUT2D eigenvalue weighted by molar-refractivity contribution is 0.0988. The van der Waals surface area contributed by atoms with Crippen LogP contribution in [0.15, 0.2) is 48.5 Å². The van der Waals surface area contributed by atoms with Crippen molar-refractivity contribution >= 4 is 17.4 Å². The number of carbonyl (C=O) groups is 1. The number of hydrogen-bond acceptors (Lipinski definition) is 3. The van der Waals surface area contributed by atoms with Gasteiger partial charge in [-0.15, -0.1) is 0 Å². The summed E-state index contributed by atoms with van der Waals surface area (Å²) in [6.07, 6.45) is 4.96. The van der Waals surface area contributed by atoms with Gasteiger partial charge in [0.25, 0.3) is 5.91 Å². The zero-order valence-electron chi connectivity index (χ0n) is 13.6. The highest BCUT2D eigenvalue weighted by molar-refractivity contribution is 6.04. The van der Waals surface area contributed by atoms with Crippen molar-refractivity contribution < 1.29 is 4.79 Å². The SMILES string of the molecule is CN(C(=O)c1cccc(N2CCCCCC2)n1)c1ccccc1. The molecule has 0 bridgehead atoms. The zero-order chi connectivity index (χ0) is 16.1. The summed E-state index contributed by atoms with van der Waals surface area (Å²) in [6.45, 7) is 2.05. The molecular weight excluding hydrogens is 286 g/mol. The lowest BCUT2D eigenvalue weighted by Crippen LogP contribution is -2.29. The summed E-state index contributed by atoms with van der Waals surface area (Å²) in [5.74, 6) is 0.840. The molecular formula is C19H23N3O. The van der Waals surface area contributed by atoms with Gasteiger partial charge in [0.2, 0.25) is 0 Å². The Morgan fingerprint density at radius 3 is 2.35 bits per heavy atom. The first kappa shape index (κ1) is 15.5. The van der Waals surface area contributed by atoms with Crippen molar-refractivity contribution in [3.05, 3.63) is 54.2 Å². The van der Waals surface area contributed by atoms with Crippen LogP contribution >= 0.6 is 0 Å². The average Bonchev–Trinajstić information content (AvgIpc) is 2.91. The van der Waals surface area contributed by atoms with E-state index >= 15 is 0 Å². The van der Waals surface area contributed by atoms with E-state index in [9.17, 15) is 4.79 Å². The number of carbonyl (C=O) groups excluding carboxylic acids is 1. The van der Waals surface area contributed by atoms with Crippen LogP contribution < -0.4 is 9.80 Å². The largest absolute Gasteiger partial charge is 0.357 e. The smallest absolute Gasteiger partial charge is 0.276 e. The highest BCUT2D eigenvalue weighted by atomic mass is 16.2. The number of benzene rings is 1. The van der Waals surface area contributed by atoms with Crippen LogP contribution in [0, 0.1) is 0 Å². The van der Waals surface area contributed by atoms with Crippen molar-refractivity contribution in [1.82, 2.24) is 4.98 Å². The molecule has 3 rings (SSSR count). The lowest BCUT2D eigenvalue weighted by Gasteiger charge is -2.22. The normalized spacial score (nSPS) is 15.1. The van der Waals surface area contributed by atoms with Gasteiger partial charge < -0.3 is 9.80 Å². The van der Waals surface area contributed by atoms with Gasteiger partial charge in [0.1, 0.15) is 11.5 Å². The van der Waals surface area contributed by atoms with E-state index in [0.717, 1.165) is 24.6 Å². The fourth-order valence-electron chi connectivity index (χ4n) is 2.96. The molecule has 120 valence electrons. The molecule has 1 aromatic carbocycles. The van der Waals surface area contributed by atoms with Crippen LogP contribution in [-0.4, -0.2) is 31.0 Å². The van der Waals surface area contributed by atoms with E-state index in [0.29, 0.717) is 5.69 Å². The number of rotatable bonds is 3. The highest BCUT2D eigenvalue weighted by Gasteiger charge is 2.17. The minimum Gasteiger partial charge on any atom is -0.357 e. The minimum atomic E-state index is -0.0760. The van der Waals surface area contributed by atoms with Crippen molar-refractivity contribution in [3.63, 3.8) is 0 Å². The molecule has 0 saturated carbocycles.